The Morgan fingerprint density at radius 1 is 0.843 bits per heavy atom. The summed E-state index contributed by atoms with van der Waals surface area (Å²) in [5.41, 5.74) is 0.963. The third-order valence-corrected chi connectivity index (χ3v) is 13.6. The van der Waals surface area contributed by atoms with E-state index in [4.69, 9.17) is 19.3 Å². The van der Waals surface area contributed by atoms with Crippen LogP contribution in [0.1, 0.15) is 47.9 Å². The van der Waals surface area contributed by atoms with E-state index >= 15 is 0 Å². The molecule has 2 amide bonds. The van der Waals surface area contributed by atoms with Gasteiger partial charge in [-0.25, -0.2) is 14.6 Å². The molecule has 2 aliphatic heterocycles. The van der Waals surface area contributed by atoms with E-state index in [0.717, 1.165) is 57.7 Å². The summed E-state index contributed by atoms with van der Waals surface area (Å²) in [7, 11) is 0. The van der Waals surface area contributed by atoms with Crippen molar-refractivity contribution < 1.29 is 53.3 Å². The van der Waals surface area contributed by atoms with Crippen LogP contribution in [0, 0.1) is 0 Å². The topological polar surface area (TPSA) is 236 Å². The first kappa shape index (κ1) is 48.4. The van der Waals surface area contributed by atoms with Crippen molar-refractivity contribution in [3.8, 4) is 11.5 Å². The maximum atomic E-state index is 14.6. The van der Waals surface area contributed by atoms with Crippen molar-refractivity contribution in [1.29, 1.82) is 0 Å². The summed E-state index contributed by atoms with van der Waals surface area (Å²) in [5, 5.41) is 33.8. The smallest absolute Gasteiger partial charge is 0.352 e. The van der Waals surface area contributed by atoms with Crippen molar-refractivity contribution >= 4 is 81.4 Å². The van der Waals surface area contributed by atoms with Crippen LogP contribution in [0.25, 0.3) is 0 Å². The normalized spacial score (nSPS) is 16.1. The molecule has 1 fully saturated rings. The molecule has 4 heterocycles. The number of anilines is 1. The van der Waals surface area contributed by atoms with E-state index < -0.39 is 64.5 Å². The summed E-state index contributed by atoms with van der Waals surface area (Å²) >= 11 is 3.70. The number of hydrogen-bond donors (Lipinski definition) is 4. The van der Waals surface area contributed by atoms with Gasteiger partial charge in [-0.2, -0.15) is 0 Å². The fourth-order valence-corrected chi connectivity index (χ4v) is 10.4. The highest BCUT2D eigenvalue weighted by atomic mass is 32.2. The van der Waals surface area contributed by atoms with Crippen LogP contribution in [0.5, 0.6) is 11.5 Å². The number of hydrogen-bond acceptors (Lipinski definition) is 16. The van der Waals surface area contributed by atoms with Gasteiger partial charge in [0.25, 0.3) is 11.8 Å². The number of aliphatic carboxylic acids is 2. The van der Waals surface area contributed by atoms with Gasteiger partial charge in [-0.3, -0.25) is 29.1 Å². The number of allylic oxidation sites excluding steroid dienone is 1. The molecule has 0 radical (unpaired) electrons. The van der Waals surface area contributed by atoms with E-state index in [0.29, 0.717) is 10.7 Å². The lowest BCUT2D eigenvalue weighted by molar-refractivity contribution is -0.151. The van der Waals surface area contributed by atoms with Crippen molar-refractivity contribution in [1.82, 2.24) is 20.2 Å². The zero-order valence-corrected chi connectivity index (χ0v) is 39.4. The number of esters is 2. The molecule has 17 nitrogen and oxygen atoms in total. The SMILES string of the molecule is CC(=O)Oc1ccc([C@@H](O/N=C(\C(=O)N[C@@H]2C(=O)N3C(C(=O)O)=C(/C=C/Sc4ccncc4)CS[C@@H]23)c2csc(NC(c3ccccc3)(c3ccccc3)c3ccccc3)n2)C(=O)O)cc1OC(C)=O. The maximum Gasteiger partial charge on any atom is 0.352 e. The second-order valence-electron chi connectivity index (χ2n) is 15.3. The number of carboxylic acids is 2. The Labute approximate surface area is 412 Å². The average molecular weight is 997 g/mol. The Balaban J connectivity index is 1.15. The lowest BCUT2D eigenvalue weighted by atomic mass is 9.77. The van der Waals surface area contributed by atoms with Crippen LogP contribution in [0.2, 0.25) is 0 Å². The number of carbonyl (C=O) groups is 6. The van der Waals surface area contributed by atoms with E-state index in [1.807, 2.05) is 91.0 Å². The fraction of sp³-hybridized carbons (Fsp3) is 0.140. The van der Waals surface area contributed by atoms with Gasteiger partial charge in [0.2, 0.25) is 6.10 Å². The zero-order chi connectivity index (χ0) is 49.4. The molecule has 0 aliphatic carbocycles. The van der Waals surface area contributed by atoms with Crippen molar-refractivity contribution in [3.05, 3.63) is 190 Å². The molecule has 2 aromatic heterocycles. The molecule has 70 heavy (non-hydrogen) atoms. The van der Waals surface area contributed by atoms with Gasteiger partial charge in [0.05, 0.1) is 0 Å². The third-order valence-electron chi connectivity index (χ3n) is 10.7. The number of pyridine rings is 1. The predicted molar refractivity (Wildman–Crippen MR) is 261 cm³/mol. The number of aromatic nitrogens is 2. The van der Waals surface area contributed by atoms with Gasteiger partial charge in [0.1, 0.15) is 28.3 Å². The highest BCUT2D eigenvalue weighted by molar-refractivity contribution is 8.02. The average Bonchev–Trinajstić information content (AvgIpc) is 3.82. The Bertz CT molecular complexity index is 2950. The number of ether oxygens (including phenoxy) is 2. The van der Waals surface area contributed by atoms with Gasteiger partial charge in [-0.05, 0) is 58.0 Å². The number of β-lactam (4-membered cyclic amide) rings is 1. The first-order valence-corrected chi connectivity index (χ1v) is 24.0. The molecule has 2 aliphatic rings. The van der Waals surface area contributed by atoms with Crippen molar-refractivity contribution in [2.75, 3.05) is 11.1 Å². The zero-order valence-electron chi connectivity index (χ0n) is 37.0. The molecule has 4 N–H and O–H groups in total. The number of nitrogens with zero attached hydrogens (tertiary/aromatic N) is 4. The minimum Gasteiger partial charge on any atom is -0.478 e. The number of oxime groups is 1. The summed E-state index contributed by atoms with van der Waals surface area (Å²) < 4.78 is 10.3. The molecule has 4 aromatic carbocycles. The van der Waals surface area contributed by atoms with Crippen LogP contribution in [0.15, 0.2) is 172 Å². The number of fused-ring (bicyclic) bond motifs is 1. The van der Waals surface area contributed by atoms with Gasteiger partial charge < -0.3 is 35.2 Å². The lowest BCUT2D eigenvalue weighted by Crippen LogP contribution is -2.71. The number of carbonyl (C=O) groups excluding carboxylic acids is 4. The van der Waals surface area contributed by atoms with E-state index in [1.54, 1.807) is 36.0 Å². The van der Waals surface area contributed by atoms with Crippen molar-refractivity contribution in [2.24, 2.45) is 5.16 Å². The summed E-state index contributed by atoms with van der Waals surface area (Å²) in [4.78, 5) is 94.1. The van der Waals surface area contributed by atoms with Crippen LogP contribution in [-0.2, 0) is 39.1 Å². The molecule has 20 heteroatoms. The Hall–Kier alpha value is -8.07. The summed E-state index contributed by atoms with van der Waals surface area (Å²) in [6, 6.07) is 35.0. The fourth-order valence-electron chi connectivity index (χ4n) is 7.69. The van der Waals surface area contributed by atoms with Crippen LogP contribution in [0.4, 0.5) is 5.13 Å². The quantitative estimate of drug-likeness (QED) is 0.0125. The Morgan fingerprint density at radius 3 is 2.01 bits per heavy atom. The van der Waals surface area contributed by atoms with Gasteiger partial charge in [-0.15, -0.1) is 23.1 Å². The monoisotopic (exact) mass is 996 g/mol. The molecule has 0 spiro atoms. The van der Waals surface area contributed by atoms with Gasteiger partial charge in [0, 0.05) is 47.8 Å². The van der Waals surface area contributed by atoms with Gasteiger partial charge in [-0.1, -0.05) is 114 Å². The molecule has 3 atom stereocenters. The second-order valence-corrected chi connectivity index (χ2v) is 18.3. The minimum atomic E-state index is -1.94. The first-order valence-electron chi connectivity index (χ1n) is 21.2. The summed E-state index contributed by atoms with van der Waals surface area (Å²) in [5.74, 6) is -6.40. The standard InChI is InChI=1S/C50H40N6O11S3/c1-29(57)65-38-19-18-31(26-39(38)66-30(2)58)43(48(63)64)67-55-40(44(59)53-41-45(60)56-42(47(61)62)32(27-69-46(41)56)22-25-68-36-20-23-51-24-21-36)37-28-70-49(52-37)54-50(33-12-6-3-7-13-33,34-14-8-4-9-15-34)35-16-10-5-11-17-35/h3-26,28,41,43,46H,27H2,1-2H3,(H,52,54)(H,53,59)(H,61,62)(H,63,64)/b25-22+,55-40-/t41-,43-,46+/m1/s1. The van der Waals surface area contributed by atoms with Gasteiger partial charge in [0.15, 0.2) is 22.3 Å². The number of thiazole rings is 1. The number of carboxylic acid groups (broad SMARTS) is 2. The molecule has 354 valence electrons. The molecular formula is C50H40N6O11S3. The van der Waals surface area contributed by atoms with Gasteiger partial charge >= 0.3 is 23.9 Å². The molecule has 1 saturated heterocycles. The first-order chi connectivity index (χ1) is 33.8. The molecule has 6 aromatic rings. The maximum absolute atomic E-state index is 14.6. The highest BCUT2D eigenvalue weighted by Crippen LogP contribution is 2.43. The highest BCUT2D eigenvalue weighted by Gasteiger charge is 2.54. The summed E-state index contributed by atoms with van der Waals surface area (Å²) in [6.45, 7) is 2.23. The predicted octanol–water partition coefficient (Wildman–Crippen LogP) is 7.38. The van der Waals surface area contributed by atoms with Crippen molar-refractivity contribution in [2.45, 2.75) is 41.8 Å². The lowest BCUT2D eigenvalue weighted by Gasteiger charge is -2.49. The van der Waals surface area contributed by atoms with Crippen LogP contribution >= 0.6 is 34.9 Å². The van der Waals surface area contributed by atoms with Crippen LogP contribution in [-0.4, -0.2) is 83.7 Å². The minimum absolute atomic E-state index is 0.0757. The number of amides is 2. The number of benzene rings is 4. The molecule has 0 saturated carbocycles. The third kappa shape index (κ3) is 10.5. The van der Waals surface area contributed by atoms with E-state index in [1.165, 1.54) is 41.0 Å². The van der Waals surface area contributed by atoms with E-state index in [-0.39, 0.29) is 34.2 Å². The van der Waals surface area contributed by atoms with E-state index in [2.05, 4.69) is 20.8 Å². The Kier molecular flexibility index (Phi) is 14.9. The van der Waals surface area contributed by atoms with Crippen molar-refractivity contribution in [3.63, 3.8) is 0 Å². The van der Waals surface area contributed by atoms with Crippen LogP contribution in [0.3, 0.4) is 0 Å². The largest absolute Gasteiger partial charge is 0.478 e. The molecule has 8 rings (SSSR count). The molecule has 0 bridgehead atoms. The van der Waals surface area contributed by atoms with E-state index in [9.17, 15) is 39.0 Å². The Morgan fingerprint density at radius 2 is 1.44 bits per heavy atom. The number of rotatable bonds is 18. The number of thioether (sulfide) groups is 2. The van der Waals surface area contributed by atoms with Crippen LogP contribution < -0.4 is 20.1 Å². The second kappa shape index (κ2) is 21.5. The molecule has 0 unspecified atom stereocenters. The number of nitrogens with one attached hydrogen (secondary N) is 2. The summed E-state index contributed by atoms with van der Waals surface area (Å²) in [6.07, 6.45) is 2.95. The molecular weight excluding hydrogens is 957 g/mol.